The third kappa shape index (κ3) is 2.62. The first-order valence-corrected chi connectivity index (χ1v) is 7.44. The van der Waals surface area contributed by atoms with Crippen LogP contribution in [-0.2, 0) is 6.42 Å². The van der Waals surface area contributed by atoms with Crippen molar-refractivity contribution in [2.45, 2.75) is 12.5 Å². The van der Waals surface area contributed by atoms with Gasteiger partial charge in [-0.25, -0.2) is 0 Å². The first kappa shape index (κ1) is 13.3. The van der Waals surface area contributed by atoms with E-state index in [1.807, 2.05) is 48.5 Å². The Bertz CT molecular complexity index is 722. The summed E-state index contributed by atoms with van der Waals surface area (Å²) in [5, 5.41) is 12.9. The normalized spacial score (nSPS) is 12.5. The van der Waals surface area contributed by atoms with Gasteiger partial charge in [-0.2, -0.15) is 0 Å². The zero-order valence-electron chi connectivity index (χ0n) is 11.0. The molecule has 0 aromatic heterocycles. The van der Waals surface area contributed by atoms with Crippen molar-refractivity contribution in [3.63, 3.8) is 0 Å². The second-order valence-corrected chi connectivity index (χ2v) is 5.74. The Labute approximate surface area is 127 Å². The average Bonchev–Trinajstić information content (AvgIpc) is 2.48. The van der Waals surface area contributed by atoms with Crippen molar-refractivity contribution in [1.29, 1.82) is 0 Å². The maximum atomic E-state index is 10.6. The van der Waals surface area contributed by atoms with Crippen LogP contribution in [0, 0.1) is 0 Å². The van der Waals surface area contributed by atoms with E-state index in [1.54, 1.807) is 0 Å². The maximum absolute atomic E-state index is 10.6. The SMILES string of the molecule is OC(Cc1ccccc1)c1c(Br)ccc2ccccc12. The summed E-state index contributed by atoms with van der Waals surface area (Å²) in [4.78, 5) is 0. The second kappa shape index (κ2) is 5.78. The highest BCUT2D eigenvalue weighted by Crippen LogP contribution is 2.33. The number of hydrogen-bond donors (Lipinski definition) is 1. The van der Waals surface area contributed by atoms with Gasteiger partial charge >= 0.3 is 0 Å². The molecule has 0 radical (unpaired) electrons. The fraction of sp³-hybridized carbons (Fsp3) is 0.111. The summed E-state index contributed by atoms with van der Waals surface area (Å²) >= 11 is 3.57. The van der Waals surface area contributed by atoms with Gasteiger partial charge in [0.1, 0.15) is 0 Å². The summed E-state index contributed by atoms with van der Waals surface area (Å²) in [6, 6.07) is 22.3. The maximum Gasteiger partial charge on any atom is 0.0847 e. The summed E-state index contributed by atoms with van der Waals surface area (Å²) in [7, 11) is 0. The standard InChI is InChI=1S/C18H15BrO/c19-16-11-10-14-8-4-5-9-15(14)18(16)17(20)12-13-6-2-1-3-7-13/h1-11,17,20H,12H2. The molecule has 0 heterocycles. The Morgan fingerprint density at radius 1 is 0.850 bits per heavy atom. The van der Waals surface area contributed by atoms with E-state index < -0.39 is 6.10 Å². The minimum atomic E-state index is -0.516. The van der Waals surface area contributed by atoms with Crippen molar-refractivity contribution < 1.29 is 5.11 Å². The second-order valence-electron chi connectivity index (χ2n) is 4.89. The van der Waals surface area contributed by atoms with Crippen LogP contribution in [0.15, 0.2) is 71.2 Å². The molecule has 100 valence electrons. The first-order valence-electron chi connectivity index (χ1n) is 6.65. The van der Waals surface area contributed by atoms with Crippen molar-refractivity contribution in [3.05, 3.63) is 82.3 Å². The van der Waals surface area contributed by atoms with Crippen molar-refractivity contribution in [3.8, 4) is 0 Å². The molecular weight excluding hydrogens is 312 g/mol. The zero-order chi connectivity index (χ0) is 13.9. The van der Waals surface area contributed by atoms with Crippen molar-refractivity contribution in [2.75, 3.05) is 0 Å². The third-order valence-electron chi connectivity index (χ3n) is 3.52. The molecule has 1 N–H and O–H groups in total. The van der Waals surface area contributed by atoms with Crippen LogP contribution in [-0.4, -0.2) is 5.11 Å². The highest BCUT2D eigenvalue weighted by Gasteiger charge is 2.15. The average molecular weight is 327 g/mol. The number of halogens is 1. The van der Waals surface area contributed by atoms with E-state index in [4.69, 9.17) is 0 Å². The molecule has 0 saturated heterocycles. The van der Waals surface area contributed by atoms with Gasteiger partial charge in [-0.3, -0.25) is 0 Å². The molecular formula is C18H15BrO. The summed E-state index contributed by atoms with van der Waals surface area (Å²) in [6.07, 6.45) is 0.103. The molecule has 0 fully saturated rings. The summed E-state index contributed by atoms with van der Waals surface area (Å²) in [5.74, 6) is 0. The number of hydrogen-bond acceptors (Lipinski definition) is 1. The number of benzene rings is 3. The number of aliphatic hydroxyl groups excluding tert-OH is 1. The predicted octanol–water partition coefficient (Wildman–Crippen LogP) is 4.88. The molecule has 3 aromatic rings. The Morgan fingerprint density at radius 2 is 1.55 bits per heavy atom. The number of rotatable bonds is 3. The van der Waals surface area contributed by atoms with Gasteiger partial charge in [0, 0.05) is 16.5 Å². The van der Waals surface area contributed by atoms with Gasteiger partial charge in [-0.1, -0.05) is 76.6 Å². The van der Waals surface area contributed by atoms with E-state index >= 15 is 0 Å². The molecule has 20 heavy (non-hydrogen) atoms. The molecule has 0 bridgehead atoms. The molecule has 0 saturated carbocycles. The molecule has 0 spiro atoms. The Balaban J connectivity index is 2.03. The number of fused-ring (bicyclic) bond motifs is 1. The van der Waals surface area contributed by atoms with E-state index in [0.29, 0.717) is 6.42 Å². The molecule has 3 aromatic carbocycles. The van der Waals surface area contributed by atoms with E-state index in [9.17, 15) is 5.11 Å². The lowest BCUT2D eigenvalue weighted by Crippen LogP contribution is -2.03. The first-order chi connectivity index (χ1) is 9.75. The minimum absolute atomic E-state index is 0.516. The molecule has 0 aliphatic rings. The Kier molecular flexibility index (Phi) is 3.86. The molecule has 1 atom stereocenters. The van der Waals surface area contributed by atoms with Gasteiger partial charge in [-0.15, -0.1) is 0 Å². The van der Waals surface area contributed by atoms with Gasteiger partial charge in [-0.05, 0) is 22.4 Å². The smallest absolute Gasteiger partial charge is 0.0847 e. The van der Waals surface area contributed by atoms with Crippen LogP contribution < -0.4 is 0 Å². The van der Waals surface area contributed by atoms with Gasteiger partial charge in [0.25, 0.3) is 0 Å². The van der Waals surface area contributed by atoms with E-state index in [1.165, 1.54) is 0 Å². The molecule has 0 aliphatic heterocycles. The zero-order valence-corrected chi connectivity index (χ0v) is 12.5. The van der Waals surface area contributed by atoms with E-state index in [-0.39, 0.29) is 0 Å². The van der Waals surface area contributed by atoms with Gasteiger partial charge < -0.3 is 5.11 Å². The van der Waals surface area contributed by atoms with Crippen LogP contribution in [0.1, 0.15) is 17.2 Å². The van der Waals surface area contributed by atoms with Crippen molar-refractivity contribution in [1.82, 2.24) is 0 Å². The van der Waals surface area contributed by atoms with Gasteiger partial charge in [0.2, 0.25) is 0 Å². The quantitative estimate of drug-likeness (QED) is 0.727. The molecule has 0 aliphatic carbocycles. The lowest BCUT2D eigenvalue weighted by molar-refractivity contribution is 0.179. The molecule has 1 nitrogen and oxygen atoms in total. The fourth-order valence-corrected chi connectivity index (χ4v) is 3.16. The van der Waals surface area contributed by atoms with Crippen LogP contribution in [0.3, 0.4) is 0 Å². The fourth-order valence-electron chi connectivity index (χ4n) is 2.55. The van der Waals surface area contributed by atoms with Crippen molar-refractivity contribution >= 4 is 26.7 Å². The summed E-state index contributed by atoms with van der Waals surface area (Å²) in [6.45, 7) is 0. The van der Waals surface area contributed by atoms with Gasteiger partial charge in [0.05, 0.1) is 6.10 Å². The lowest BCUT2D eigenvalue weighted by Gasteiger charge is -2.16. The lowest BCUT2D eigenvalue weighted by atomic mass is 9.96. The Hall–Kier alpha value is -1.64. The summed E-state index contributed by atoms with van der Waals surface area (Å²) < 4.78 is 0.958. The molecule has 3 rings (SSSR count). The molecule has 1 unspecified atom stereocenters. The molecule has 2 heteroatoms. The largest absolute Gasteiger partial charge is 0.388 e. The topological polar surface area (TPSA) is 20.2 Å². The van der Waals surface area contributed by atoms with E-state index in [0.717, 1.165) is 26.4 Å². The minimum Gasteiger partial charge on any atom is -0.388 e. The third-order valence-corrected chi connectivity index (χ3v) is 4.21. The Morgan fingerprint density at radius 3 is 2.35 bits per heavy atom. The van der Waals surface area contributed by atoms with Crippen LogP contribution in [0.4, 0.5) is 0 Å². The van der Waals surface area contributed by atoms with Crippen LogP contribution in [0.5, 0.6) is 0 Å². The van der Waals surface area contributed by atoms with Crippen LogP contribution in [0.25, 0.3) is 10.8 Å². The van der Waals surface area contributed by atoms with Crippen LogP contribution in [0.2, 0.25) is 0 Å². The van der Waals surface area contributed by atoms with Crippen molar-refractivity contribution in [2.24, 2.45) is 0 Å². The molecule has 0 amide bonds. The number of aliphatic hydroxyl groups is 1. The monoisotopic (exact) mass is 326 g/mol. The predicted molar refractivity (Wildman–Crippen MR) is 86.8 cm³/mol. The highest BCUT2D eigenvalue weighted by atomic mass is 79.9. The van der Waals surface area contributed by atoms with Crippen LogP contribution >= 0.6 is 15.9 Å². The van der Waals surface area contributed by atoms with E-state index in [2.05, 4.69) is 34.1 Å². The van der Waals surface area contributed by atoms with Gasteiger partial charge in [0.15, 0.2) is 0 Å². The highest BCUT2D eigenvalue weighted by molar-refractivity contribution is 9.10. The summed E-state index contributed by atoms with van der Waals surface area (Å²) in [5.41, 5.74) is 2.10.